The second kappa shape index (κ2) is 8.15. The maximum absolute atomic E-state index is 9.98. The molecule has 32 heavy (non-hydrogen) atoms. The Balaban J connectivity index is 2.00. The van der Waals surface area contributed by atoms with Gasteiger partial charge in [-0.2, -0.15) is 0 Å². The standard InChI is InChI=1S/C28H24BrNO2/c1-27(2,31)15-13-19-5-11-25-23(17-19)24-18-20(14-16-28(3,4)32)6-12-26(24)30(25)22-9-7-21(29)8-10-22/h5-12,17-18,31-32H,1-4H3. The molecule has 0 fully saturated rings. The predicted octanol–water partition coefficient (Wildman–Crippen LogP) is 5.79. The third kappa shape index (κ3) is 4.90. The van der Waals surface area contributed by atoms with Gasteiger partial charge in [-0.1, -0.05) is 39.6 Å². The lowest BCUT2D eigenvalue weighted by Gasteiger charge is -2.08. The predicted molar refractivity (Wildman–Crippen MR) is 135 cm³/mol. The summed E-state index contributed by atoms with van der Waals surface area (Å²) in [6.45, 7) is 6.69. The summed E-state index contributed by atoms with van der Waals surface area (Å²) in [4.78, 5) is 0. The van der Waals surface area contributed by atoms with Crippen molar-refractivity contribution in [3.63, 3.8) is 0 Å². The van der Waals surface area contributed by atoms with Crippen LogP contribution in [0.3, 0.4) is 0 Å². The lowest BCUT2D eigenvalue weighted by molar-refractivity contribution is 0.143. The molecule has 0 saturated heterocycles. The van der Waals surface area contributed by atoms with Crippen molar-refractivity contribution in [3.8, 4) is 29.4 Å². The Morgan fingerprint density at radius 3 is 1.53 bits per heavy atom. The van der Waals surface area contributed by atoms with E-state index in [4.69, 9.17) is 0 Å². The van der Waals surface area contributed by atoms with Crippen LogP contribution in [0.1, 0.15) is 38.8 Å². The number of rotatable bonds is 1. The van der Waals surface area contributed by atoms with Gasteiger partial charge in [0.1, 0.15) is 11.2 Å². The third-order valence-electron chi connectivity index (χ3n) is 4.88. The number of aromatic nitrogens is 1. The largest absolute Gasteiger partial charge is 0.378 e. The van der Waals surface area contributed by atoms with Gasteiger partial charge in [0.2, 0.25) is 0 Å². The van der Waals surface area contributed by atoms with Crippen LogP contribution in [0.25, 0.3) is 27.5 Å². The van der Waals surface area contributed by atoms with E-state index in [1.807, 2.05) is 24.3 Å². The Kier molecular flexibility index (Phi) is 5.65. The Bertz CT molecular complexity index is 1350. The number of halogens is 1. The highest BCUT2D eigenvalue weighted by atomic mass is 79.9. The fourth-order valence-corrected chi connectivity index (χ4v) is 3.76. The number of hydrogen-bond acceptors (Lipinski definition) is 2. The highest BCUT2D eigenvalue weighted by molar-refractivity contribution is 9.10. The molecule has 0 spiro atoms. The van der Waals surface area contributed by atoms with E-state index in [0.29, 0.717) is 0 Å². The quantitative estimate of drug-likeness (QED) is 0.335. The van der Waals surface area contributed by atoms with Crippen LogP contribution in [0.15, 0.2) is 65.1 Å². The summed E-state index contributed by atoms with van der Waals surface area (Å²) in [7, 11) is 0. The highest BCUT2D eigenvalue weighted by Crippen LogP contribution is 2.33. The molecule has 4 aromatic rings. The maximum Gasteiger partial charge on any atom is 0.120 e. The number of hydrogen-bond donors (Lipinski definition) is 2. The number of fused-ring (bicyclic) bond motifs is 3. The van der Waals surface area contributed by atoms with Crippen molar-refractivity contribution in [1.82, 2.24) is 4.57 Å². The average Bonchev–Trinajstić information content (AvgIpc) is 3.03. The molecule has 3 nitrogen and oxygen atoms in total. The first-order valence-electron chi connectivity index (χ1n) is 10.4. The Morgan fingerprint density at radius 1 is 0.688 bits per heavy atom. The molecule has 0 aliphatic rings. The minimum absolute atomic E-state index is 0.836. The van der Waals surface area contributed by atoms with Gasteiger partial charge in [-0.15, -0.1) is 0 Å². The first-order chi connectivity index (χ1) is 15.0. The summed E-state index contributed by atoms with van der Waals surface area (Å²) in [6, 6.07) is 20.4. The molecule has 2 N–H and O–H groups in total. The monoisotopic (exact) mass is 485 g/mol. The first-order valence-corrected chi connectivity index (χ1v) is 11.1. The smallest absolute Gasteiger partial charge is 0.120 e. The lowest BCUT2D eigenvalue weighted by Crippen LogP contribution is -2.14. The molecule has 0 atom stereocenters. The van der Waals surface area contributed by atoms with Gasteiger partial charge in [0, 0.05) is 32.1 Å². The summed E-state index contributed by atoms with van der Waals surface area (Å²) in [5.74, 6) is 11.9. The third-order valence-corrected chi connectivity index (χ3v) is 5.40. The fourth-order valence-electron chi connectivity index (χ4n) is 3.50. The fraction of sp³-hybridized carbons (Fsp3) is 0.214. The van der Waals surface area contributed by atoms with E-state index in [0.717, 1.165) is 43.1 Å². The first kappa shape index (κ1) is 22.2. The van der Waals surface area contributed by atoms with Crippen molar-refractivity contribution in [1.29, 1.82) is 0 Å². The minimum Gasteiger partial charge on any atom is -0.378 e. The van der Waals surface area contributed by atoms with Gasteiger partial charge in [0.05, 0.1) is 11.0 Å². The molecule has 4 heteroatoms. The molecule has 1 aromatic heterocycles. The maximum atomic E-state index is 9.98. The molecular formula is C28H24BrNO2. The molecule has 160 valence electrons. The summed E-state index contributed by atoms with van der Waals surface area (Å²) in [5, 5.41) is 22.1. The van der Waals surface area contributed by atoms with Crippen LogP contribution >= 0.6 is 15.9 Å². The van der Waals surface area contributed by atoms with Crippen LogP contribution in [-0.4, -0.2) is 26.0 Å². The number of nitrogens with zero attached hydrogens (tertiary/aromatic N) is 1. The SMILES string of the molecule is CC(C)(O)C#Cc1ccc2c(c1)c1cc(C#CC(C)(C)O)ccc1n2-c1ccc(Br)cc1. The van der Waals surface area contributed by atoms with Crippen LogP contribution in [0, 0.1) is 23.7 Å². The van der Waals surface area contributed by atoms with E-state index < -0.39 is 11.2 Å². The van der Waals surface area contributed by atoms with Crippen LogP contribution in [-0.2, 0) is 0 Å². The van der Waals surface area contributed by atoms with Gasteiger partial charge in [0.25, 0.3) is 0 Å². The van der Waals surface area contributed by atoms with Crippen molar-refractivity contribution >= 4 is 37.7 Å². The summed E-state index contributed by atoms with van der Waals surface area (Å²) >= 11 is 3.51. The zero-order valence-electron chi connectivity index (χ0n) is 18.5. The second-order valence-corrected chi connectivity index (χ2v) is 9.81. The zero-order chi connectivity index (χ0) is 23.1. The van der Waals surface area contributed by atoms with Gasteiger partial charge < -0.3 is 14.8 Å². The van der Waals surface area contributed by atoms with E-state index in [-0.39, 0.29) is 0 Å². The van der Waals surface area contributed by atoms with E-state index >= 15 is 0 Å². The molecule has 0 unspecified atom stereocenters. The Morgan fingerprint density at radius 2 is 1.12 bits per heavy atom. The van der Waals surface area contributed by atoms with Gasteiger partial charge in [-0.05, 0) is 88.4 Å². The van der Waals surface area contributed by atoms with Crippen LogP contribution in [0.5, 0.6) is 0 Å². The second-order valence-electron chi connectivity index (χ2n) is 8.89. The molecule has 0 saturated carbocycles. The van der Waals surface area contributed by atoms with Crippen LogP contribution in [0.2, 0.25) is 0 Å². The topological polar surface area (TPSA) is 45.4 Å². The molecule has 0 bridgehead atoms. The zero-order valence-corrected chi connectivity index (χ0v) is 20.1. The van der Waals surface area contributed by atoms with Gasteiger partial charge >= 0.3 is 0 Å². The highest BCUT2D eigenvalue weighted by Gasteiger charge is 2.14. The van der Waals surface area contributed by atoms with Crippen molar-refractivity contribution in [2.75, 3.05) is 0 Å². The summed E-state index contributed by atoms with van der Waals surface area (Å²) in [5.41, 5.74) is 2.73. The van der Waals surface area contributed by atoms with Crippen LogP contribution in [0.4, 0.5) is 0 Å². The molecule has 0 aliphatic carbocycles. The van der Waals surface area contributed by atoms with E-state index in [9.17, 15) is 10.2 Å². The summed E-state index contributed by atoms with van der Waals surface area (Å²) in [6.07, 6.45) is 0. The molecule has 0 radical (unpaired) electrons. The van der Waals surface area contributed by atoms with E-state index in [1.165, 1.54) is 0 Å². The average molecular weight is 486 g/mol. The van der Waals surface area contributed by atoms with E-state index in [2.05, 4.69) is 80.6 Å². The lowest BCUT2D eigenvalue weighted by atomic mass is 10.1. The molecular weight excluding hydrogens is 462 g/mol. The molecule has 0 amide bonds. The Labute approximate surface area is 196 Å². The molecule has 3 aromatic carbocycles. The number of aliphatic hydroxyl groups is 2. The normalized spacial score (nSPS) is 11.7. The van der Waals surface area contributed by atoms with Gasteiger partial charge in [-0.3, -0.25) is 0 Å². The number of benzene rings is 3. The van der Waals surface area contributed by atoms with E-state index in [1.54, 1.807) is 27.7 Å². The molecule has 4 rings (SSSR count). The van der Waals surface area contributed by atoms with Crippen molar-refractivity contribution in [2.45, 2.75) is 38.9 Å². The van der Waals surface area contributed by atoms with Gasteiger partial charge in [-0.25, -0.2) is 0 Å². The summed E-state index contributed by atoms with van der Waals surface area (Å²) < 4.78 is 3.24. The van der Waals surface area contributed by atoms with Gasteiger partial charge in [0.15, 0.2) is 0 Å². The van der Waals surface area contributed by atoms with Crippen molar-refractivity contribution in [3.05, 3.63) is 76.3 Å². The Hall–Kier alpha value is -3.02. The minimum atomic E-state index is -1.06. The van der Waals surface area contributed by atoms with Crippen LogP contribution < -0.4 is 0 Å². The van der Waals surface area contributed by atoms with Crippen molar-refractivity contribution in [2.24, 2.45) is 0 Å². The van der Waals surface area contributed by atoms with Crippen molar-refractivity contribution < 1.29 is 10.2 Å². The molecule has 1 heterocycles. The molecule has 0 aliphatic heterocycles.